The summed E-state index contributed by atoms with van der Waals surface area (Å²) in [5.74, 6) is 0. The summed E-state index contributed by atoms with van der Waals surface area (Å²) in [6, 6.07) is 6.26. The van der Waals surface area contributed by atoms with E-state index in [2.05, 4.69) is 16.9 Å². The van der Waals surface area contributed by atoms with E-state index < -0.39 is 0 Å². The third-order valence-electron chi connectivity index (χ3n) is 1.81. The number of nitrogens with one attached hydrogen (secondary N) is 1. The second-order valence-electron chi connectivity index (χ2n) is 2.66. The highest BCUT2D eigenvalue weighted by molar-refractivity contribution is 5.07. The first-order chi connectivity index (χ1) is 5.86. The van der Waals surface area contributed by atoms with Crippen LogP contribution in [0.1, 0.15) is 5.69 Å². The molecule has 0 spiro atoms. The summed E-state index contributed by atoms with van der Waals surface area (Å²) in [7, 11) is 1.93. The first-order valence-corrected chi connectivity index (χ1v) is 4.06. The van der Waals surface area contributed by atoms with Gasteiger partial charge in [0, 0.05) is 24.4 Å². The number of pyridine rings is 1. The molecule has 1 atom stereocenters. The number of rotatable bonds is 4. The van der Waals surface area contributed by atoms with Gasteiger partial charge in [0.05, 0.1) is 0 Å². The van der Waals surface area contributed by atoms with Crippen LogP contribution in [0.15, 0.2) is 37.1 Å². The summed E-state index contributed by atoms with van der Waals surface area (Å²) in [4.78, 5) is 4.23. The number of hydrogen-bond acceptors (Lipinski definition) is 2. The molecule has 64 valence electrons. The highest BCUT2D eigenvalue weighted by Gasteiger charge is 2.01. The molecule has 1 aromatic rings. The van der Waals surface area contributed by atoms with Crippen molar-refractivity contribution in [3.8, 4) is 0 Å². The van der Waals surface area contributed by atoms with Gasteiger partial charge in [-0.15, -0.1) is 6.58 Å². The molecule has 0 bridgehead atoms. The van der Waals surface area contributed by atoms with Gasteiger partial charge in [0.1, 0.15) is 0 Å². The zero-order chi connectivity index (χ0) is 8.81. The van der Waals surface area contributed by atoms with Gasteiger partial charge >= 0.3 is 0 Å². The Bertz CT molecular complexity index is 231. The molecule has 1 aromatic heterocycles. The molecule has 1 rings (SSSR count). The lowest BCUT2D eigenvalue weighted by Gasteiger charge is -2.09. The molecule has 2 nitrogen and oxygen atoms in total. The first kappa shape index (κ1) is 8.94. The van der Waals surface area contributed by atoms with Gasteiger partial charge in [0.15, 0.2) is 0 Å². The van der Waals surface area contributed by atoms with Crippen molar-refractivity contribution in [3.05, 3.63) is 42.7 Å². The summed E-state index contributed by atoms with van der Waals surface area (Å²) >= 11 is 0. The first-order valence-electron chi connectivity index (χ1n) is 4.06. The predicted octanol–water partition coefficient (Wildman–Crippen LogP) is 1.40. The summed E-state index contributed by atoms with van der Waals surface area (Å²) in [6.45, 7) is 3.74. The van der Waals surface area contributed by atoms with Crippen LogP contribution in [-0.4, -0.2) is 18.1 Å². The highest BCUT2D eigenvalue weighted by atomic mass is 14.9. The Kier molecular flexibility index (Phi) is 3.48. The van der Waals surface area contributed by atoms with Crippen LogP contribution in [0.4, 0.5) is 0 Å². The van der Waals surface area contributed by atoms with E-state index in [-0.39, 0.29) is 0 Å². The Morgan fingerprint density at radius 3 is 3.00 bits per heavy atom. The predicted molar refractivity (Wildman–Crippen MR) is 51.0 cm³/mol. The molecule has 12 heavy (non-hydrogen) atoms. The normalized spacial score (nSPS) is 12.4. The maximum atomic E-state index is 4.23. The minimum absolute atomic E-state index is 0.319. The summed E-state index contributed by atoms with van der Waals surface area (Å²) in [6.07, 6.45) is 4.61. The van der Waals surface area contributed by atoms with E-state index in [0.29, 0.717) is 6.04 Å². The largest absolute Gasteiger partial charge is 0.313 e. The smallest absolute Gasteiger partial charge is 0.0422 e. The molecule has 0 aromatic carbocycles. The van der Waals surface area contributed by atoms with Crippen molar-refractivity contribution >= 4 is 0 Å². The van der Waals surface area contributed by atoms with Crippen molar-refractivity contribution < 1.29 is 0 Å². The van der Waals surface area contributed by atoms with Crippen LogP contribution in [0.2, 0.25) is 0 Å². The number of hydrogen-bond donors (Lipinski definition) is 1. The molecule has 2 heteroatoms. The zero-order valence-electron chi connectivity index (χ0n) is 7.33. The molecule has 1 N–H and O–H groups in total. The van der Waals surface area contributed by atoms with E-state index in [0.717, 1.165) is 12.1 Å². The maximum Gasteiger partial charge on any atom is 0.0422 e. The van der Waals surface area contributed by atoms with Gasteiger partial charge in [-0.3, -0.25) is 4.98 Å². The van der Waals surface area contributed by atoms with Crippen molar-refractivity contribution in [1.29, 1.82) is 0 Å². The van der Waals surface area contributed by atoms with Gasteiger partial charge in [0.25, 0.3) is 0 Å². The van der Waals surface area contributed by atoms with Crippen molar-refractivity contribution in [2.45, 2.75) is 12.5 Å². The Balaban J connectivity index is 2.56. The summed E-state index contributed by atoms with van der Waals surface area (Å²) in [5.41, 5.74) is 1.09. The molecule has 0 fully saturated rings. The molecular weight excluding hydrogens is 148 g/mol. The number of nitrogens with zero attached hydrogens (tertiary/aromatic N) is 1. The molecule has 1 heterocycles. The average Bonchev–Trinajstić information content (AvgIpc) is 2.16. The third kappa shape index (κ3) is 2.47. The molecule has 0 saturated heterocycles. The topological polar surface area (TPSA) is 24.9 Å². The second kappa shape index (κ2) is 4.67. The van der Waals surface area contributed by atoms with Gasteiger partial charge in [-0.1, -0.05) is 12.1 Å². The lowest BCUT2D eigenvalue weighted by Crippen LogP contribution is -2.25. The Morgan fingerprint density at radius 1 is 1.67 bits per heavy atom. The van der Waals surface area contributed by atoms with E-state index in [1.807, 2.05) is 37.5 Å². The van der Waals surface area contributed by atoms with Crippen molar-refractivity contribution in [2.24, 2.45) is 0 Å². The van der Waals surface area contributed by atoms with Crippen LogP contribution in [0, 0.1) is 0 Å². The SMILES string of the molecule is C=CC(Cc1ccccn1)NC. The standard InChI is InChI=1S/C10H14N2/c1-3-9(11-2)8-10-6-4-5-7-12-10/h3-7,9,11H,1,8H2,2H3. The third-order valence-corrected chi connectivity index (χ3v) is 1.81. The Morgan fingerprint density at radius 2 is 2.50 bits per heavy atom. The van der Waals surface area contributed by atoms with Crippen LogP contribution in [0.3, 0.4) is 0 Å². The molecule has 0 amide bonds. The van der Waals surface area contributed by atoms with E-state index in [1.54, 1.807) is 0 Å². The molecule has 0 saturated carbocycles. The van der Waals surface area contributed by atoms with Crippen LogP contribution in [0.25, 0.3) is 0 Å². The Labute approximate surface area is 73.3 Å². The van der Waals surface area contributed by atoms with Gasteiger partial charge in [0.2, 0.25) is 0 Å². The molecule has 0 radical (unpaired) electrons. The monoisotopic (exact) mass is 162 g/mol. The fraction of sp³-hybridized carbons (Fsp3) is 0.300. The minimum atomic E-state index is 0.319. The van der Waals surface area contributed by atoms with Crippen molar-refractivity contribution in [2.75, 3.05) is 7.05 Å². The molecular formula is C10H14N2. The van der Waals surface area contributed by atoms with Crippen molar-refractivity contribution in [3.63, 3.8) is 0 Å². The quantitative estimate of drug-likeness (QED) is 0.677. The average molecular weight is 162 g/mol. The van der Waals surface area contributed by atoms with Crippen LogP contribution in [-0.2, 0) is 6.42 Å². The van der Waals surface area contributed by atoms with E-state index in [4.69, 9.17) is 0 Å². The van der Waals surface area contributed by atoms with Gasteiger partial charge in [-0.2, -0.15) is 0 Å². The lowest BCUT2D eigenvalue weighted by atomic mass is 10.1. The molecule has 0 aliphatic carbocycles. The number of likely N-dealkylation sites (N-methyl/N-ethyl adjacent to an activating group) is 1. The van der Waals surface area contributed by atoms with Crippen LogP contribution >= 0.6 is 0 Å². The molecule has 0 aliphatic heterocycles. The van der Waals surface area contributed by atoms with E-state index >= 15 is 0 Å². The van der Waals surface area contributed by atoms with Gasteiger partial charge in [-0.05, 0) is 19.2 Å². The highest BCUT2D eigenvalue weighted by Crippen LogP contribution is 1.98. The summed E-state index contributed by atoms with van der Waals surface area (Å²) < 4.78 is 0. The number of aromatic nitrogens is 1. The fourth-order valence-corrected chi connectivity index (χ4v) is 1.05. The van der Waals surface area contributed by atoms with Crippen molar-refractivity contribution in [1.82, 2.24) is 10.3 Å². The van der Waals surface area contributed by atoms with E-state index in [9.17, 15) is 0 Å². The van der Waals surface area contributed by atoms with Crippen LogP contribution < -0.4 is 5.32 Å². The van der Waals surface area contributed by atoms with Gasteiger partial charge < -0.3 is 5.32 Å². The fourth-order valence-electron chi connectivity index (χ4n) is 1.05. The van der Waals surface area contributed by atoms with E-state index in [1.165, 1.54) is 0 Å². The molecule has 1 unspecified atom stereocenters. The lowest BCUT2D eigenvalue weighted by molar-refractivity contribution is 0.656. The second-order valence-corrected chi connectivity index (χ2v) is 2.66. The molecule has 0 aliphatic rings. The summed E-state index contributed by atoms with van der Waals surface area (Å²) in [5, 5.41) is 3.14. The maximum absolute atomic E-state index is 4.23. The Hall–Kier alpha value is -1.15. The van der Waals surface area contributed by atoms with Gasteiger partial charge in [-0.25, -0.2) is 0 Å². The zero-order valence-corrected chi connectivity index (χ0v) is 7.33. The minimum Gasteiger partial charge on any atom is -0.313 e. The van der Waals surface area contributed by atoms with Crippen LogP contribution in [0.5, 0.6) is 0 Å².